The van der Waals surface area contributed by atoms with Crippen molar-refractivity contribution in [2.45, 2.75) is 45.7 Å². The fraction of sp³-hybridized carbons (Fsp3) is 0.692. The van der Waals surface area contributed by atoms with Gasteiger partial charge < -0.3 is 14.7 Å². The van der Waals surface area contributed by atoms with Gasteiger partial charge in [0.15, 0.2) is 5.76 Å². The van der Waals surface area contributed by atoms with E-state index in [4.69, 9.17) is 4.52 Å². The molecular weight excluding hydrogens is 230 g/mol. The number of carbonyl (C=O) groups is 1. The molecule has 5 nitrogen and oxygen atoms in total. The number of aromatic nitrogens is 1. The molecule has 1 fully saturated rings. The van der Waals surface area contributed by atoms with Gasteiger partial charge in [0.1, 0.15) is 0 Å². The topological polar surface area (TPSA) is 58.4 Å². The molecule has 0 radical (unpaired) electrons. The van der Waals surface area contributed by atoms with Gasteiger partial charge in [-0.1, -0.05) is 19.0 Å². The second-order valence-corrected chi connectivity index (χ2v) is 5.15. The number of nitrogens with zero attached hydrogens (tertiary/aromatic N) is 2. The van der Waals surface area contributed by atoms with Crippen LogP contribution in [0, 0.1) is 6.92 Å². The number of amides is 1. The molecule has 0 spiro atoms. The molecule has 100 valence electrons. The summed E-state index contributed by atoms with van der Waals surface area (Å²) in [6.45, 7) is 7.17. The van der Waals surface area contributed by atoms with Gasteiger partial charge in [0.05, 0.1) is 18.3 Å². The third-order valence-corrected chi connectivity index (χ3v) is 3.21. The number of nitrogens with one attached hydrogen (secondary N) is 1. The number of likely N-dealkylation sites (tertiary alicyclic amines) is 1. The van der Waals surface area contributed by atoms with Crippen molar-refractivity contribution in [2.24, 2.45) is 0 Å². The zero-order valence-electron chi connectivity index (χ0n) is 11.3. The molecular formula is C13H21N3O2. The first-order chi connectivity index (χ1) is 8.58. The van der Waals surface area contributed by atoms with E-state index in [2.05, 4.69) is 10.5 Å². The van der Waals surface area contributed by atoms with Crippen molar-refractivity contribution in [3.63, 3.8) is 0 Å². The van der Waals surface area contributed by atoms with Crippen LogP contribution in [0.3, 0.4) is 0 Å². The van der Waals surface area contributed by atoms with Crippen LogP contribution in [0.4, 0.5) is 0 Å². The summed E-state index contributed by atoms with van der Waals surface area (Å²) in [5.74, 6) is 0.947. The van der Waals surface area contributed by atoms with Crippen LogP contribution in [-0.4, -0.2) is 35.1 Å². The van der Waals surface area contributed by atoms with E-state index >= 15 is 0 Å². The van der Waals surface area contributed by atoms with E-state index in [-0.39, 0.29) is 11.9 Å². The van der Waals surface area contributed by atoms with E-state index in [9.17, 15) is 4.79 Å². The quantitative estimate of drug-likeness (QED) is 0.884. The molecule has 1 aliphatic heterocycles. The van der Waals surface area contributed by atoms with Crippen LogP contribution in [0.25, 0.3) is 0 Å². The van der Waals surface area contributed by atoms with Crippen LogP contribution in [0.15, 0.2) is 10.6 Å². The Labute approximate surface area is 108 Å². The monoisotopic (exact) mass is 251 g/mol. The van der Waals surface area contributed by atoms with Crippen molar-refractivity contribution in [1.29, 1.82) is 0 Å². The highest BCUT2D eigenvalue weighted by atomic mass is 16.5. The fourth-order valence-corrected chi connectivity index (χ4v) is 2.29. The Balaban J connectivity index is 2.01. The van der Waals surface area contributed by atoms with Gasteiger partial charge in [-0.25, -0.2) is 0 Å². The minimum absolute atomic E-state index is 0.0627. The molecule has 0 aromatic carbocycles. The molecule has 1 atom stereocenters. The highest BCUT2D eigenvalue weighted by Gasteiger charge is 2.32. The maximum Gasteiger partial charge on any atom is 0.237 e. The van der Waals surface area contributed by atoms with Crippen molar-refractivity contribution < 1.29 is 9.32 Å². The number of carbonyl (C=O) groups excluding carboxylic acids is 1. The van der Waals surface area contributed by atoms with E-state index in [1.807, 2.05) is 31.7 Å². The first kappa shape index (κ1) is 13.1. The molecule has 0 bridgehead atoms. The standard InChI is InChI=1S/C13H21N3O2/c1-9(2)14-8-13(17)16-6-4-5-11(16)12-7-10(3)15-18-12/h7,9,11,14H,4-6,8H2,1-3H3. The van der Waals surface area contributed by atoms with E-state index in [0.29, 0.717) is 12.6 Å². The SMILES string of the molecule is Cc1cc(C2CCCN2C(=O)CNC(C)C)on1. The molecule has 1 aromatic rings. The average Bonchev–Trinajstić information content (AvgIpc) is 2.93. The predicted molar refractivity (Wildman–Crippen MR) is 68.1 cm³/mol. The van der Waals surface area contributed by atoms with Crippen LogP contribution in [-0.2, 0) is 4.79 Å². The molecule has 1 amide bonds. The summed E-state index contributed by atoms with van der Waals surface area (Å²) in [5, 5.41) is 7.06. The minimum Gasteiger partial charge on any atom is -0.359 e. The first-order valence-corrected chi connectivity index (χ1v) is 6.54. The maximum absolute atomic E-state index is 12.1. The highest BCUT2D eigenvalue weighted by Crippen LogP contribution is 2.32. The number of hydrogen-bond acceptors (Lipinski definition) is 4. The molecule has 1 saturated heterocycles. The lowest BCUT2D eigenvalue weighted by molar-refractivity contribution is -0.131. The summed E-state index contributed by atoms with van der Waals surface area (Å²) in [6.07, 6.45) is 1.99. The molecule has 0 saturated carbocycles. The van der Waals surface area contributed by atoms with Gasteiger partial charge in [-0.3, -0.25) is 4.79 Å². The number of hydrogen-bond donors (Lipinski definition) is 1. The smallest absolute Gasteiger partial charge is 0.237 e. The average molecular weight is 251 g/mol. The fourth-order valence-electron chi connectivity index (χ4n) is 2.29. The van der Waals surface area contributed by atoms with Crippen molar-refractivity contribution in [3.05, 3.63) is 17.5 Å². The lowest BCUT2D eigenvalue weighted by atomic mass is 10.1. The van der Waals surface area contributed by atoms with Gasteiger partial charge in [0.25, 0.3) is 0 Å². The zero-order valence-corrected chi connectivity index (χ0v) is 11.3. The Kier molecular flexibility index (Phi) is 4.01. The van der Waals surface area contributed by atoms with E-state index in [1.165, 1.54) is 0 Å². The lowest BCUT2D eigenvalue weighted by Gasteiger charge is -2.23. The Morgan fingerprint density at radius 2 is 2.44 bits per heavy atom. The highest BCUT2D eigenvalue weighted by molar-refractivity contribution is 5.79. The minimum atomic E-state index is 0.0627. The summed E-state index contributed by atoms with van der Waals surface area (Å²) >= 11 is 0. The van der Waals surface area contributed by atoms with E-state index < -0.39 is 0 Å². The Morgan fingerprint density at radius 1 is 1.67 bits per heavy atom. The third kappa shape index (κ3) is 2.90. The summed E-state index contributed by atoms with van der Waals surface area (Å²) in [7, 11) is 0. The summed E-state index contributed by atoms with van der Waals surface area (Å²) < 4.78 is 5.29. The van der Waals surface area contributed by atoms with Crippen molar-refractivity contribution in [1.82, 2.24) is 15.4 Å². The van der Waals surface area contributed by atoms with Crippen LogP contribution in [0.2, 0.25) is 0 Å². The molecule has 1 aromatic heterocycles. The molecule has 1 unspecified atom stereocenters. The molecule has 1 N–H and O–H groups in total. The van der Waals surface area contributed by atoms with Gasteiger partial charge in [-0.2, -0.15) is 0 Å². The predicted octanol–water partition coefficient (Wildman–Crippen LogP) is 1.64. The van der Waals surface area contributed by atoms with Gasteiger partial charge in [-0.15, -0.1) is 0 Å². The second-order valence-electron chi connectivity index (χ2n) is 5.15. The van der Waals surface area contributed by atoms with Crippen LogP contribution < -0.4 is 5.32 Å². The normalized spacial score (nSPS) is 19.8. The van der Waals surface area contributed by atoms with Crippen molar-refractivity contribution in [2.75, 3.05) is 13.1 Å². The van der Waals surface area contributed by atoms with Gasteiger partial charge in [0.2, 0.25) is 5.91 Å². The molecule has 0 aliphatic carbocycles. The third-order valence-electron chi connectivity index (χ3n) is 3.21. The second kappa shape index (κ2) is 5.52. The maximum atomic E-state index is 12.1. The molecule has 5 heteroatoms. The van der Waals surface area contributed by atoms with Gasteiger partial charge in [0, 0.05) is 18.7 Å². The Bertz CT molecular complexity index is 414. The first-order valence-electron chi connectivity index (χ1n) is 6.54. The van der Waals surface area contributed by atoms with Crippen LogP contribution in [0.5, 0.6) is 0 Å². The largest absolute Gasteiger partial charge is 0.359 e. The van der Waals surface area contributed by atoms with Crippen LogP contribution in [0.1, 0.15) is 44.2 Å². The van der Waals surface area contributed by atoms with Crippen molar-refractivity contribution in [3.8, 4) is 0 Å². The van der Waals surface area contributed by atoms with Gasteiger partial charge >= 0.3 is 0 Å². The van der Waals surface area contributed by atoms with Gasteiger partial charge in [-0.05, 0) is 19.8 Å². The Hall–Kier alpha value is -1.36. The van der Waals surface area contributed by atoms with E-state index in [0.717, 1.165) is 30.8 Å². The lowest BCUT2D eigenvalue weighted by Crippen LogP contribution is -2.39. The summed E-state index contributed by atoms with van der Waals surface area (Å²) in [4.78, 5) is 14.0. The molecule has 2 heterocycles. The van der Waals surface area contributed by atoms with Crippen LogP contribution >= 0.6 is 0 Å². The molecule has 1 aliphatic rings. The summed E-state index contributed by atoms with van der Waals surface area (Å²) in [6, 6.07) is 2.31. The van der Waals surface area contributed by atoms with E-state index in [1.54, 1.807) is 0 Å². The molecule has 18 heavy (non-hydrogen) atoms. The zero-order chi connectivity index (χ0) is 13.1. The summed E-state index contributed by atoms with van der Waals surface area (Å²) in [5.41, 5.74) is 0.865. The Morgan fingerprint density at radius 3 is 3.06 bits per heavy atom. The van der Waals surface area contributed by atoms with Crippen molar-refractivity contribution >= 4 is 5.91 Å². The number of aryl methyl sites for hydroxylation is 1. The molecule has 2 rings (SSSR count). The number of rotatable bonds is 4.